The van der Waals surface area contributed by atoms with Gasteiger partial charge in [-0.25, -0.2) is 0 Å². The van der Waals surface area contributed by atoms with E-state index in [0.29, 0.717) is 0 Å². The van der Waals surface area contributed by atoms with Gasteiger partial charge in [-0.15, -0.1) is 0 Å². The van der Waals surface area contributed by atoms with Crippen LogP contribution in [-0.4, -0.2) is 28.5 Å². The highest BCUT2D eigenvalue weighted by Crippen LogP contribution is 2.00. The van der Waals surface area contributed by atoms with E-state index in [1.807, 2.05) is 0 Å². The van der Waals surface area contributed by atoms with Gasteiger partial charge in [-0.3, -0.25) is 5.73 Å². The van der Waals surface area contributed by atoms with E-state index in [2.05, 4.69) is 9.89 Å². The SMILES string of the molecule is CCOC(N)(O)C(C#N)=NO. The van der Waals surface area contributed by atoms with E-state index in [0.717, 1.165) is 0 Å². The van der Waals surface area contributed by atoms with Gasteiger partial charge in [0.1, 0.15) is 6.07 Å². The van der Waals surface area contributed by atoms with Crippen molar-refractivity contribution in [3.63, 3.8) is 0 Å². The first-order valence-electron chi connectivity index (χ1n) is 2.86. The molecule has 0 fully saturated rings. The Labute approximate surface area is 63.5 Å². The van der Waals surface area contributed by atoms with Crippen molar-refractivity contribution in [2.24, 2.45) is 10.9 Å². The van der Waals surface area contributed by atoms with Crippen LogP contribution in [0, 0.1) is 11.3 Å². The van der Waals surface area contributed by atoms with Crippen molar-refractivity contribution in [3.05, 3.63) is 0 Å². The second kappa shape index (κ2) is 3.88. The summed E-state index contributed by atoms with van der Waals surface area (Å²) >= 11 is 0. The first-order valence-corrected chi connectivity index (χ1v) is 2.86. The van der Waals surface area contributed by atoms with Crippen LogP contribution in [0.15, 0.2) is 5.16 Å². The number of hydrogen-bond acceptors (Lipinski definition) is 6. The van der Waals surface area contributed by atoms with Crippen LogP contribution in [0.2, 0.25) is 0 Å². The summed E-state index contributed by atoms with van der Waals surface area (Å²) in [7, 11) is 0. The molecule has 0 aliphatic carbocycles. The number of ether oxygens (including phenoxy) is 1. The molecule has 0 heterocycles. The van der Waals surface area contributed by atoms with Gasteiger partial charge in [0, 0.05) is 6.61 Å². The summed E-state index contributed by atoms with van der Waals surface area (Å²) < 4.78 is 4.49. The molecule has 0 aliphatic rings. The number of aliphatic hydroxyl groups is 1. The molecule has 0 spiro atoms. The monoisotopic (exact) mass is 159 g/mol. The van der Waals surface area contributed by atoms with Crippen molar-refractivity contribution in [1.29, 1.82) is 5.26 Å². The maximum Gasteiger partial charge on any atom is 0.282 e. The minimum atomic E-state index is -2.29. The van der Waals surface area contributed by atoms with Gasteiger partial charge in [0.15, 0.2) is 0 Å². The summed E-state index contributed by atoms with van der Waals surface area (Å²) in [6.45, 7) is 1.68. The normalized spacial score (nSPS) is 17.1. The van der Waals surface area contributed by atoms with Gasteiger partial charge in [0.05, 0.1) is 0 Å². The highest BCUT2D eigenvalue weighted by atomic mass is 16.6. The second-order valence-corrected chi connectivity index (χ2v) is 1.69. The average molecular weight is 159 g/mol. The van der Waals surface area contributed by atoms with Gasteiger partial charge in [0.25, 0.3) is 5.91 Å². The maximum atomic E-state index is 9.02. The number of oxime groups is 1. The van der Waals surface area contributed by atoms with Crippen LogP contribution in [0.1, 0.15) is 6.92 Å². The Hall–Kier alpha value is -1.16. The molecule has 62 valence electrons. The number of nitrogens with two attached hydrogens (primary N) is 1. The molecule has 1 atom stereocenters. The smallest absolute Gasteiger partial charge is 0.282 e. The zero-order valence-electron chi connectivity index (χ0n) is 5.98. The van der Waals surface area contributed by atoms with Crippen LogP contribution in [-0.2, 0) is 4.74 Å². The van der Waals surface area contributed by atoms with Crippen molar-refractivity contribution < 1.29 is 15.1 Å². The first kappa shape index (κ1) is 9.84. The summed E-state index contributed by atoms with van der Waals surface area (Å²) in [5, 5.41) is 27.8. The lowest BCUT2D eigenvalue weighted by atomic mass is 10.3. The topological polar surface area (TPSA) is 112 Å². The molecule has 1 unspecified atom stereocenters. The molecule has 0 rings (SSSR count). The van der Waals surface area contributed by atoms with Gasteiger partial charge >= 0.3 is 0 Å². The van der Waals surface area contributed by atoms with Crippen LogP contribution in [0.4, 0.5) is 0 Å². The fourth-order valence-corrected chi connectivity index (χ4v) is 0.463. The Morgan fingerprint density at radius 2 is 2.45 bits per heavy atom. The standard InChI is InChI=1S/C5H9N3O3/c1-2-11-5(7,9)4(3-6)8-10/h9-10H,2,7H2,1H3. The number of nitriles is 1. The third-order valence-corrected chi connectivity index (χ3v) is 0.910. The van der Waals surface area contributed by atoms with E-state index >= 15 is 0 Å². The molecule has 0 amide bonds. The Kier molecular flexibility index (Phi) is 3.47. The van der Waals surface area contributed by atoms with Crippen molar-refractivity contribution in [2.75, 3.05) is 6.61 Å². The molecule has 0 aromatic heterocycles. The Morgan fingerprint density at radius 3 is 2.73 bits per heavy atom. The lowest BCUT2D eigenvalue weighted by Gasteiger charge is -2.18. The van der Waals surface area contributed by atoms with Gasteiger partial charge in [-0.2, -0.15) is 5.26 Å². The largest absolute Gasteiger partial charge is 0.410 e. The molecule has 0 aromatic carbocycles. The molecular formula is C5H9N3O3. The molecule has 0 saturated carbocycles. The fourth-order valence-electron chi connectivity index (χ4n) is 0.463. The molecule has 4 N–H and O–H groups in total. The fraction of sp³-hybridized carbons (Fsp3) is 0.600. The average Bonchev–Trinajstić information content (AvgIpc) is 1.89. The number of rotatable bonds is 3. The molecule has 11 heavy (non-hydrogen) atoms. The molecule has 0 aromatic rings. The third-order valence-electron chi connectivity index (χ3n) is 0.910. The second-order valence-electron chi connectivity index (χ2n) is 1.69. The van der Waals surface area contributed by atoms with E-state index in [1.165, 1.54) is 6.07 Å². The van der Waals surface area contributed by atoms with Crippen LogP contribution in [0.5, 0.6) is 0 Å². The van der Waals surface area contributed by atoms with Crippen molar-refractivity contribution in [3.8, 4) is 6.07 Å². The summed E-state index contributed by atoms with van der Waals surface area (Å²) in [5.74, 6) is -2.29. The molecule has 6 nitrogen and oxygen atoms in total. The minimum absolute atomic E-state index is 0.105. The lowest BCUT2D eigenvalue weighted by molar-refractivity contribution is -0.141. The predicted octanol–water partition coefficient (Wildman–Crippen LogP) is -1.02. The number of nitrogens with zero attached hydrogens (tertiary/aromatic N) is 2. The zero-order valence-corrected chi connectivity index (χ0v) is 5.98. The van der Waals surface area contributed by atoms with Crippen LogP contribution >= 0.6 is 0 Å². The van der Waals surface area contributed by atoms with Crippen molar-refractivity contribution in [2.45, 2.75) is 12.8 Å². The summed E-state index contributed by atoms with van der Waals surface area (Å²) in [6, 6.07) is 1.38. The predicted molar refractivity (Wildman–Crippen MR) is 35.6 cm³/mol. The van der Waals surface area contributed by atoms with Gasteiger partial charge < -0.3 is 15.1 Å². The highest BCUT2D eigenvalue weighted by Gasteiger charge is 2.30. The van der Waals surface area contributed by atoms with E-state index in [9.17, 15) is 0 Å². The van der Waals surface area contributed by atoms with Crippen LogP contribution < -0.4 is 5.73 Å². The Balaban J connectivity index is 4.42. The minimum Gasteiger partial charge on any atom is -0.410 e. The molecular weight excluding hydrogens is 150 g/mol. The molecule has 0 aliphatic heterocycles. The van der Waals surface area contributed by atoms with Crippen molar-refractivity contribution >= 4 is 5.71 Å². The highest BCUT2D eigenvalue weighted by molar-refractivity contribution is 6.02. The van der Waals surface area contributed by atoms with E-state index in [-0.39, 0.29) is 6.61 Å². The molecule has 0 saturated heterocycles. The van der Waals surface area contributed by atoms with Crippen molar-refractivity contribution in [1.82, 2.24) is 0 Å². The Bertz CT molecular complexity index is 194. The van der Waals surface area contributed by atoms with E-state index in [4.69, 9.17) is 21.3 Å². The molecule has 0 bridgehead atoms. The quantitative estimate of drug-likeness (QED) is 0.211. The van der Waals surface area contributed by atoms with Crippen LogP contribution in [0.3, 0.4) is 0 Å². The van der Waals surface area contributed by atoms with E-state index < -0.39 is 11.6 Å². The summed E-state index contributed by atoms with van der Waals surface area (Å²) in [4.78, 5) is 0. The van der Waals surface area contributed by atoms with Gasteiger partial charge in [-0.1, -0.05) is 5.16 Å². The third kappa shape index (κ3) is 2.51. The van der Waals surface area contributed by atoms with Crippen LogP contribution in [0.25, 0.3) is 0 Å². The summed E-state index contributed by atoms with van der Waals surface area (Å²) in [5.41, 5.74) is 4.33. The first-order chi connectivity index (χ1) is 5.08. The maximum absolute atomic E-state index is 9.02. The molecule has 0 radical (unpaired) electrons. The van der Waals surface area contributed by atoms with E-state index in [1.54, 1.807) is 6.92 Å². The van der Waals surface area contributed by atoms with Gasteiger partial charge in [0.2, 0.25) is 5.71 Å². The molecule has 6 heteroatoms. The lowest BCUT2D eigenvalue weighted by Crippen LogP contribution is -2.49. The summed E-state index contributed by atoms with van der Waals surface area (Å²) in [6.07, 6.45) is 0. The zero-order chi connectivity index (χ0) is 8.91. The number of hydrogen-bond donors (Lipinski definition) is 3. The van der Waals surface area contributed by atoms with Gasteiger partial charge in [-0.05, 0) is 6.92 Å². The Morgan fingerprint density at radius 1 is 1.91 bits per heavy atom.